The molecular weight excluding hydrogens is 376 g/mol. The minimum Gasteiger partial charge on any atom is -0.490 e. The van der Waals surface area contributed by atoms with Gasteiger partial charge in [0.2, 0.25) is 0 Å². The van der Waals surface area contributed by atoms with Crippen molar-refractivity contribution in [3.63, 3.8) is 0 Å². The molecule has 0 fully saturated rings. The second kappa shape index (κ2) is 13.7. The van der Waals surface area contributed by atoms with Crippen LogP contribution in [0.2, 0.25) is 0 Å². The Morgan fingerprint density at radius 3 is 2.27 bits per heavy atom. The van der Waals surface area contributed by atoms with Gasteiger partial charge in [0.15, 0.2) is 11.6 Å². The molecule has 0 radical (unpaired) electrons. The van der Waals surface area contributed by atoms with Crippen LogP contribution in [-0.4, -0.2) is 28.6 Å². The molecule has 0 aliphatic rings. The number of unbranched alkanes of at least 4 members (excludes halogenated alkanes) is 5. The summed E-state index contributed by atoms with van der Waals surface area (Å²) < 4.78 is 11.2. The minimum atomic E-state index is -0.130. The summed E-state index contributed by atoms with van der Waals surface area (Å²) in [6.07, 6.45) is 12.5. The number of aromatic nitrogens is 2. The summed E-state index contributed by atoms with van der Waals surface area (Å²) in [5.41, 5.74) is 2.08. The van der Waals surface area contributed by atoms with Crippen LogP contribution in [0.3, 0.4) is 0 Å². The van der Waals surface area contributed by atoms with Gasteiger partial charge >= 0.3 is 5.97 Å². The van der Waals surface area contributed by atoms with Crippen LogP contribution in [-0.2, 0) is 16.0 Å². The number of carbonyl (C=O) groups excluding carboxylic acids is 1. The van der Waals surface area contributed by atoms with Crippen molar-refractivity contribution in [2.24, 2.45) is 0 Å². The molecule has 0 saturated carbocycles. The van der Waals surface area contributed by atoms with Crippen molar-refractivity contribution in [2.75, 3.05) is 6.61 Å². The van der Waals surface area contributed by atoms with E-state index in [0.717, 1.165) is 30.4 Å². The Bertz CT molecular complexity index is 729. The van der Waals surface area contributed by atoms with Crippen LogP contribution in [0.1, 0.15) is 77.7 Å². The maximum absolute atomic E-state index is 11.7. The van der Waals surface area contributed by atoms with Crippen molar-refractivity contribution in [1.82, 2.24) is 9.97 Å². The lowest BCUT2D eigenvalue weighted by Gasteiger charge is -2.13. The number of ether oxygens (including phenoxy) is 2. The Morgan fingerprint density at radius 2 is 1.60 bits per heavy atom. The van der Waals surface area contributed by atoms with Gasteiger partial charge in [0.25, 0.3) is 0 Å². The van der Waals surface area contributed by atoms with Crippen molar-refractivity contribution >= 4 is 5.97 Å². The molecule has 164 valence electrons. The Kier molecular flexibility index (Phi) is 10.9. The zero-order chi connectivity index (χ0) is 21.6. The quantitative estimate of drug-likeness (QED) is 0.275. The number of hydrogen-bond acceptors (Lipinski definition) is 5. The Balaban J connectivity index is 1.79. The Labute approximate surface area is 181 Å². The number of carbonyl (C=O) groups is 1. The highest BCUT2D eigenvalue weighted by molar-refractivity contribution is 5.69. The average Bonchev–Trinajstić information content (AvgIpc) is 2.75. The molecule has 1 atom stereocenters. The lowest BCUT2D eigenvalue weighted by atomic mass is 10.1. The molecule has 0 aliphatic carbocycles. The first-order chi connectivity index (χ1) is 14.6. The van der Waals surface area contributed by atoms with Gasteiger partial charge in [-0.1, -0.05) is 70.2 Å². The van der Waals surface area contributed by atoms with E-state index in [1.165, 1.54) is 25.7 Å². The fraction of sp³-hybridized carbons (Fsp3) is 0.560. The molecule has 0 N–H and O–H groups in total. The molecule has 5 heteroatoms. The minimum absolute atomic E-state index is 0.113. The third kappa shape index (κ3) is 8.93. The van der Waals surface area contributed by atoms with Crippen LogP contribution in [0.4, 0.5) is 0 Å². The first kappa shape index (κ1) is 23.8. The standard InChI is InChI=1S/C25H36N2O3/c1-4-6-8-9-10-16-29-23-18-26-25(27-19-23)22-14-12-21(13-15-22)17-20(3)30-24(28)11-7-5-2/h12-15,18-20H,4-11,16-17H2,1-3H3. The Hall–Kier alpha value is -2.43. The third-order valence-electron chi connectivity index (χ3n) is 4.95. The first-order valence-corrected chi connectivity index (χ1v) is 11.4. The van der Waals surface area contributed by atoms with Gasteiger partial charge in [-0.3, -0.25) is 4.79 Å². The number of nitrogens with zero attached hydrogens (tertiary/aromatic N) is 2. The van der Waals surface area contributed by atoms with Crippen molar-refractivity contribution in [1.29, 1.82) is 0 Å². The van der Waals surface area contributed by atoms with Crippen LogP contribution >= 0.6 is 0 Å². The van der Waals surface area contributed by atoms with Gasteiger partial charge in [0.05, 0.1) is 19.0 Å². The van der Waals surface area contributed by atoms with Crippen LogP contribution < -0.4 is 4.74 Å². The number of esters is 1. The molecule has 1 heterocycles. The summed E-state index contributed by atoms with van der Waals surface area (Å²) >= 11 is 0. The van der Waals surface area contributed by atoms with Crippen LogP contribution in [0.5, 0.6) is 5.75 Å². The SMILES string of the molecule is CCCCCCCOc1cnc(-c2ccc(CC(C)OC(=O)CCCC)cc2)nc1. The van der Waals surface area contributed by atoms with Gasteiger partial charge in [-0.2, -0.15) is 0 Å². The lowest BCUT2D eigenvalue weighted by Crippen LogP contribution is -2.17. The zero-order valence-corrected chi connectivity index (χ0v) is 18.7. The van der Waals surface area contributed by atoms with E-state index in [0.29, 0.717) is 31.0 Å². The smallest absolute Gasteiger partial charge is 0.306 e. The molecule has 0 aliphatic heterocycles. The normalized spacial score (nSPS) is 11.8. The van der Waals surface area contributed by atoms with Gasteiger partial charge in [-0.05, 0) is 25.3 Å². The highest BCUT2D eigenvalue weighted by Crippen LogP contribution is 2.19. The summed E-state index contributed by atoms with van der Waals surface area (Å²) in [5, 5.41) is 0. The second-order valence-corrected chi connectivity index (χ2v) is 7.81. The predicted molar refractivity (Wildman–Crippen MR) is 121 cm³/mol. The summed E-state index contributed by atoms with van der Waals surface area (Å²) in [5.74, 6) is 1.28. The van der Waals surface area contributed by atoms with E-state index in [2.05, 4.69) is 23.8 Å². The molecule has 5 nitrogen and oxygen atoms in total. The van der Waals surface area contributed by atoms with E-state index in [1.54, 1.807) is 12.4 Å². The highest BCUT2D eigenvalue weighted by Gasteiger charge is 2.10. The number of hydrogen-bond donors (Lipinski definition) is 0. The largest absolute Gasteiger partial charge is 0.490 e. The summed E-state index contributed by atoms with van der Waals surface area (Å²) in [4.78, 5) is 20.6. The second-order valence-electron chi connectivity index (χ2n) is 7.81. The summed E-state index contributed by atoms with van der Waals surface area (Å²) in [6, 6.07) is 8.08. The van der Waals surface area contributed by atoms with Crippen LogP contribution in [0, 0.1) is 0 Å². The molecule has 1 unspecified atom stereocenters. The molecule has 0 amide bonds. The van der Waals surface area contributed by atoms with E-state index in [1.807, 2.05) is 31.2 Å². The van der Waals surface area contributed by atoms with Crippen molar-refractivity contribution in [3.8, 4) is 17.1 Å². The molecular formula is C25H36N2O3. The number of rotatable bonds is 14. The molecule has 0 saturated heterocycles. The average molecular weight is 413 g/mol. The third-order valence-corrected chi connectivity index (χ3v) is 4.95. The van der Waals surface area contributed by atoms with Gasteiger partial charge in [-0.25, -0.2) is 9.97 Å². The van der Waals surface area contributed by atoms with Crippen LogP contribution in [0.25, 0.3) is 11.4 Å². The zero-order valence-electron chi connectivity index (χ0n) is 18.7. The molecule has 0 spiro atoms. The van der Waals surface area contributed by atoms with Gasteiger partial charge in [0.1, 0.15) is 6.10 Å². The summed E-state index contributed by atoms with van der Waals surface area (Å²) in [7, 11) is 0. The van der Waals surface area contributed by atoms with E-state index in [4.69, 9.17) is 9.47 Å². The first-order valence-electron chi connectivity index (χ1n) is 11.4. The summed E-state index contributed by atoms with van der Waals surface area (Å²) in [6.45, 7) is 6.93. The van der Waals surface area contributed by atoms with Gasteiger partial charge in [-0.15, -0.1) is 0 Å². The van der Waals surface area contributed by atoms with E-state index >= 15 is 0 Å². The fourth-order valence-electron chi connectivity index (χ4n) is 3.20. The lowest BCUT2D eigenvalue weighted by molar-refractivity contribution is -0.148. The molecule has 30 heavy (non-hydrogen) atoms. The van der Waals surface area contributed by atoms with E-state index < -0.39 is 0 Å². The molecule has 1 aromatic carbocycles. The molecule has 1 aromatic heterocycles. The van der Waals surface area contributed by atoms with Crippen molar-refractivity contribution in [2.45, 2.75) is 84.7 Å². The van der Waals surface area contributed by atoms with Crippen molar-refractivity contribution in [3.05, 3.63) is 42.2 Å². The fourth-order valence-corrected chi connectivity index (χ4v) is 3.20. The van der Waals surface area contributed by atoms with Crippen LogP contribution in [0.15, 0.2) is 36.7 Å². The topological polar surface area (TPSA) is 61.3 Å². The van der Waals surface area contributed by atoms with Gasteiger partial charge in [0, 0.05) is 18.4 Å². The van der Waals surface area contributed by atoms with E-state index in [9.17, 15) is 4.79 Å². The molecule has 0 bridgehead atoms. The highest BCUT2D eigenvalue weighted by atomic mass is 16.5. The molecule has 2 rings (SSSR count). The predicted octanol–water partition coefficient (Wildman–Crippen LogP) is 6.16. The monoisotopic (exact) mass is 412 g/mol. The van der Waals surface area contributed by atoms with Crippen molar-refractivity contribution < 1.29 is 14.3 Å². The maximum Gasteiger partial charge on any atom is 0.306 e. The van der Waals surface area contributed by atoms with Gasteiger partial charge < -0.3 is 9.47 Å². The number of benzene rings is 1. The van der Waals surface area contributed by atoms with E-state index in [-0.39, 0.29) is 12.1 Å². The maximum atomic E-state index is 11.7. The Morgan fingerprint density at radius 1 is 0.933 bits per heavy atom. The molecule has 2 aromatic rings.